The van der Waals surface area contributed by atoms with Crippen molar-refractivity contribution in [1.82, 2.24) is 0 Å². The molecule has 3 nitrogen and oxygen atoms in total. The van der Waals surface area contributed by atoms with Crippen molar-refractivity contribution in [2.45, 2.75) is 32.8 Å². The minimum atomic E-state index is -0.535. The summed E-state index contributed by atoms with van der Waals surface area (Å²) in [6.07, 6.45) is 0.126. The van der Waals surface area contributed by atoms with Crippen LogP contribution >= 0.6 is 15.9 Å². The molecular weight excluding hydrogens is 375 g/mol. The van der Waals surface area contributed by atoms with Crippen LogP contribution in [0.5, 0.6) is 0 Å². The number of benzene rings is 2. The number of ether oxygens (including phenoxy) is 1. The molecule has 0 fully saturated rings. The van der Waals surface area contributed by atoms with Crippen molar-refractivity contribution in [3.63, 3.8) is 0 Å². The van der Waals surface area contributed by atoms with Gasteiger partial charge in [0.2, 0.25) is 0 Å². The summed E-state index contributed by atoms with van der Waals surface area (Å²) in [4.78, 5) is 24.3. The summed E-state index contributed by atoms with van der Waals surface area (Å²) >= 11 is 3.36. The number of carbonyl (C=O) groups is 2. The van der Waals surface area contributed by atoms with Crippen LogP contribution in [0.4, 0.5) is 4.39 Å². The molecule has 0 bridgehead atoms. The van der Waals surface area contributed by atoms with Crippen molar-refractivity contribution >= 4 is 27.7 Å². The Balaban J connectivity index is 2.16. The van der Waals surface area contributed by atoms with Crippen molar-refractivity contribution < 1.29 is 18.7 Å². The second-order valence-electron chi connectivity index (χ2n) is 6.41. The molecule has 0 N–H and O–H groups in total. The van der Waals surface area contributed by atoms with Gasteiger partial charge in [0.1, 0.15) is 11.4 Å². The molecule has 0 aromatic heterocycles. The molecule has 0 aliphatic carbocycles. The van der Waals surface area contributed by atoms with E-state index in [4.69, 9.17) is 4.74 Å². The normalized spacial score (nSPS) is 11.2. The van der Waals surface area contributed by atoms with Gasteiger partial charge in [-0.2, -0.15) is 0 Å². The van der Waals surface area contributed by atoms with E-state index in [1.54, 1.807) is 18.2 Å². The predicted molar refractivity (Wildman–Crippen MR) is 93.5 cm³/mol. The van der Waals surface area contributed by atoms with E-state index in [0.717, 1.165) is 5.56 Å². The highest BCUT2D eigenvalue weighted by Crippen LogP contribution is 2.23. The van der Waals surface area contributed by atoms with E-state index in [9.17, 15) is 14.0 Å². The first-order chi connectivity index (χ1) is 11.2. The third kappa shape index (κ3) is 4.99. The maximum atomic E-state index is 13.0. The number of carbonyl (C=O) groups excluding carboxylic acids is 2. The monoisotopic (exact) mass is 392 g/mol. The Morgan fingerprint density at radius 2 is 1.71 bits per heavy atom. The van der Waals surface area contributed by atoms with E-state index in [1.165, 1.54) is 24.3 Å². The fourth-order valence-electron chi connectivity index (χ4n) is 2.15. The SMILES string of the molecule is CC(C)(C)OC(=O)Cc1ccc(C(=O)c2ccc(F)cc2)c(Br)c1. The van der Waals surface area contributed by atoms with Gasteiger partial charge in [0.05, 0.1) is 6.42 Å². The molecule has 0 heterocycles. The molecule has 2 aromatic carbocycles. The first-order valence-electron chi connectivity index (χ1n) is 7.46. The summed E-state index contributed by atoms with van der Waals surface area (Å²) in [5.41, 5.74) is 1.06. The fourth-order valence-corrected chi connectivity index (χ4v) is 2.76. The Hall–Kier alpha value is -2.01. The average molecular weight is 393 g/mol. The van der Waals surface area contributed by atoms with Gasteiger partial charge >= 0.3 is 5.97 Å². The Labute approximate surface area is 149 Å². The molecule has 0 saturated carbocycles. The van der Waals surface area contributed by atoms with Crippen LogP contribution in [0, 0.1) is 5.82 Å². The Morgan fingerprint density at radius 1 is 1.08 bits per heavy atom. The summed E-state index contributed by atoms with van der Waals surface area (Å²) in [6.45, 7) is 5.43. The molecule has 2 aromatic rings. The zero-order valence-corrected chi connectivity index (χ0v) is 15.3. The summed E-state index contributed by atoms with van der Waals surface area (Å²) in [5.74, 6) is -0.934. The minimum Gasteiger partial charge on any atom is -0.460 e. The molecule has 0 aliphatic rings. The first-order valence-corrected chi connectivity index (χ1v) is 8.25. The second-order valence-corrected chi connectivity index (χ2v) is 7.27. The number of hydrogen-bond acceptors (Lipinski definition) is 3. The van der Waals surface area contributed by atoms with Gasteiger partial charge in [-0.1, -0.05) is 22.0 Å². The average Bonchev–Trinajstić information content (AvgIpc) is 2.45. The van der Waals surface area contributed by atoms with E-state index in [-0.39, 0.29) is 18.2 Å². The third-order valence-electron chi connectivity index (χ3n) is 3.15. The lowest BCUT2D eigenvalue weighted by Gasteiger charge is -2.19. The Morgan fingerprint density at radius 3 is 2.25 bits per heavy atom. The van der Waals surface area contributed by atoms with Crippen LogP contribution in [0.2, 0.25) is 0 Å². The smallest absolute Gasteiger partial charge is 0.310 e. The molecule has 126 valence electrons. The largest absolute Gasteiger partial charge is 0.460 e. The quantitative estimate of drug-likeness (QED) is 0.559. The van der Waals surface area contributed by atoms with Gasteiger partial charge in [-0.25, -0.2) is 4.39 Å². The van der Waals surface area contributed by atoms with Gasteiger partial charge in [-0.15, -0.1) is 0 Å². The summed E-state index contributed by atoms with van der Waals surface area (Å²) in [5, 5.41) is 0. The van der Waals surface area contributed by atoms with Gasteiger partial charge < -0.3 is 4.74 Å². The van der Waals surface area contributed by atoms with Crippen LogP contribution in [0.25, 0.3) is 0 Å². The highest BCUT2D eigenvalue weighted by atomic mass is 79.9. The van der Waals surface area contributed by atoms with Crippen molar-refractivity contribution in [2.24, 2.45) is 0 Å². The molecule has 5 heteroatoms. The molecule has 0 aliphatic heterocycles. The molecule has 0 saturated heterocycles. The topological polar surface area (TPSA) is 43.4 Å². The van der Waals surface area contributed by atoms with E-state index < -0.39 is 11.4 Å². The number of esters is 1. The fraction of sp³-hybridized carbons (Fsp3) is 0.263. The molecule has 0 atom stereocenters. The van der Waals surface area contributed by atoms with Crippen molar-refractivity contribution in [1.29, 1.82) is 0 Å². The van der Waals surface area contributed by atoms with Gasteiger partial charge in [0.15, 0.2) is 5.78 Å². The lowest BCUT2D eigenvalue weighted by atomic mass is 10.0. The van der Waals surface area contributed by atoms with Crippen LogP contribution in [0.3, 0.4) is 0 Å². The molecule has 0 radical (unpaired) electrons. The molecule has 2 rings (SSSR count). The highest BCUT2D eigenvalue weighted by Gasteiger charge is 2.18. The zero-order valence-electron chi connectivity index (χ0n) is 13.7. The van der Waals surface area contributed by atoms with Gasteiger partial charge in [-0.05, 0) is 62.7 Å². The Bertz CT molecular complexity index is 761. The van der Waals surface area contributed by atoms with E-state index in [2.05, 4.69) is 15.9 Å². The van der Waals surface area contributed by atoms with Crippen molar-refractivity contribution in [2.75, 3.05) is 0 Å². The van der Waals surface area contributed by atoms with E-state index >= 15 is 0 Å². The second kappa shape index (κ2) is 7.26. The van der Waals surface area contributed by atoms with Crippen LogP contribution < -0.4 is 0 Å². The third-order valence-corrected chi connectivity index (χ3v) is 3.81. The van der Waals surface area contributed by atoms with Crippen LogP contribution in [0.15, 0.2) is 46.9 Å². The lowest BCUT2D eigenvalue weighted by molar-refractivity contribution is -0.153. The molecule has 0 amide bonds. The zero-order chi connectivity index (χ0) is 17.9. The standard InChI is InChI=1S/C19H18BrFO3/c1-19(2,3)24-17(22)11-12-4-9-15(16(20)10-12)18(23)13-5-7-14(21)8-6-13/h4-10H,11H2,1-3H3. The van der Waals surface area contributed by atoms with Gasteiger partial charge in [0.25, 0.3) is 0 Å². The molecular formula is C19H18BrFO3. The van der Waals surface area contributed by atoms with Crippen LogP contribution in [-0.2, 0) is 16.0 Å². The lowest BCUT2D eigenvalue weighted by Crippen LogP contribution is -2.24. The summed E-state index contributed by atoms with van der Waals surface area (Å²) in [6, 6.07) is 10.5. The van der Waals surface area contributed by atoms with E-state index in [0.29, 0.717) is 15.6 Å². The van der Waals surface area contributed by atoms with Gasteiger partial charge in [-0.3, -0.25) is 9.59 Å². The number of halogens is 2. The van der Waals surface area contributed by atoms with Crippen LogP contribution in [-0.4, -0.2) is 17.4 Å². The summed E-state index contributed by atoms with van der Waals surface area (Å²) in [7, 11) is 0. The van der Waals surface area contributed by atoms with Gasteiger partial charge in [0, 0.05) is 15.6 Å². The number of ketones is 1. The first kappa shape index (κ1) is 18.3. The maximum absolute atomic E-state index is 13.0. The van der Waals surface area contributed by atoms with Crippen LogP contribution in [0.1, 0.15) is 42.3 Å². The molecule has 0 unspecified atom stereocenters. The highest BCUT2D eigenvalue weighted by molar-refractivity contribution is 9.10. The molecule has 0 spiro atoms. The molecule has 24 heavy (non-hydrogen) atoms. The van der Waals surface area contributed by atoms with E-state index in [1.807, 2.05) is 20.8 Å². The summed E-state index contributed by atoms with van der Waals surface area (Å²) < 4.78 is 18.8. The maximum Gasteiger partial charge on any atom is 0.310 e. The number of rotatable bonds is 4. The van der Waals surface area contributed by atoms with Crippen molar-refractivity contribution in [3.8, 4) is 0 Å². The predicted octanol–water partition coefficient (Wildman–Crippen LogP) is 4.70. The Kier molecular flexibility index (Phi) is 5.54. The number of hydrogen-bond donors (Lipinski definition) is 0. The minimum absolute atomic E-state index is 0.126. The van der Waals surface area contributed by atoms with Crippen molar-refractivity contribution in [3.05, 3.63) is 69.4 Å².